The summed E-state index contributed by atoms with van der Waals surface area (Å²) in [7, 11) is 1.57. The number of para-hydroxylation sites is 1. The molecule has 1 aromatic heterocycles. The third kappa shape index (κ3) is 6.46. The number of amidine groups is 1. The third-order valence-electron chi connectivity index (χ3n) is 5.02. The molecule has 0 aliphatic carbocycles. The second-order valence-electron chi connectivity index (χ2n) is 7.36. The Morgan fingerprint density at radius 1 is 1.18 bits per heavy atom. The van der Waals surface area contributed by atoms with Crippen LogP contribution in [0.3, 0.4) is 0 Å². The van der Waals surface area contributed by atoms with Crippen molar-refractivity contribution >= 4 is 40.5 Å². The fourth-order valence-electron chi connectivity index (χ4n) is 3.14. The number of carbonyl (C=O) groups excluding carboxylic acids is 1. The molecule has 0 unspecified atom stereocenters. The summed E-state index contributed by atoms with van der Waals surface area (Å²) < 4.78 is 7.69. The van der Waals surface area contributed by atoms with Crippen LogP contribution in [0, 0.1) is 13.8 Å². The molecule has 2 aromatic carbocycles. The molecular weight excluding hydrogens is 458 g/mol. The minimum atomic E-state index is -0.479. The van der Waals surface area contributed by atoms with Crippen LogP contribution in [-0.4, -0.2) is 23.5 Å². The topological polar surface area (TPSA) is 80.0 Å². The van der Waals surface area contributed by atoms with E-state index < -0.39 is 6.03 Å². The number of nitrogens with one attached hydrogen (secondary N) is 2. The van der Waals surface area contributed by atoms with Gasteiger partial charge in [-0.15, -0.1) is 11.3 Å². The van der Waals surface area contributed by atoms with Crippen molar-refractivity contribution in [2.24, 2.45) is 10.1 Å². The number of halogens is 1. The van der Waals surface area contributed by atoms with Gasteiger partial charge in [0.15, 0.2) is 10.6 Å². The van der Waals surface area contributed by atoms with Crippen LogP contribution in [0.15, 0.2) is 58.6 Å². The van der Waals surface area contributed by atoms with Crippen LogP contribution in [-0.2, 0) is 6.54 Å². The third-order valence-corrected chi connectivity index (χ3v) is 6.35. The molecule has 0 aliphatic rings. The number of thiazole rings is 1. The van der Waals surface area contributed by atoms with Crippen molar-refractivity contribution in [1.82, 2.24) is 9.99 Å². The molecule has 0 atom stereocenters. The number of unbranched alkanes of at least 4 members (excludes halogenated alkanes) is 1. The molecule has 0 bridgehead atoms. The molecule has 0 fully saturated rings. The number of rotatable bonds is 7. The molecule has 174 valence electrons. The maximum atomic E-state index is 12.5. The van der Waals surface area contributed by atoms with Gasteiger partial charge in [0.25, 0.3) is 0 Å². The normalized spacial score (nSPS) is 12.0. The number of aryl methyl sites for hydroxylation is 1. The molecule has 3 rings (SSSR count). The monoisotopic (exact) mass is 485 g/mol. The molecule has 2 amide bonds. The summed E-state index contributed by atoms with van der Waals surface area (Å²) in [6.07, 6.45) is 2.11. The molecule has 0 spiro atoms. The smallest absolute Gasteiger partial charge is 0.339 e. The lowest BCUT2D eigenvalue weighted by Crippen LogP contribution is -2.26. The van der Waals surface area contributed by atoms with Crippen molar-refractivity contribution in [3.05, 3.63) is 74.5 Å². The molecule has 3 aromatic rings. The van der Waals surface area contributed by atoms with Crippen molar-refractivity contribution in [3.8, 4) is 5.75 Å². The van der Waals surface area contributed by atoms with Gasteiger partial charge in [0.05, 0.1) is 12.7 Å². The second kappa shape index (κ2) is 11.7. The standard InChI is InChI=1S/C24H28ClN5O2S/c1-5-6-14-30-16(2)17(3)33-24(30)27-22(20-15-18(25)12-13-21(20)32-4)28-29-23(31)26-19-10-8-7-9-11-19/h7-13,15H,5-6,14H2,1-4H3,(H2,26,29,31)/b27-24?,28-22-. The highest BCUT2D eigenvalue weighted by Crippen LogP contribution is 2.24. The molecule has 7 nitrogen and oxygen atoms in total. The summed E-state index contributed by atoms with van der Waals surface area (Å²) >= 11 is 7.85. The number of methoxy groups -OCH3 is 1. The van der Waals surface area contributed by atoms with Crippen LogP contribution in [0.4, 0.5) is 10.5 Å². The van der Waals surface area contributed by atoms with Gasteiger partial charge >= 0.3 is 6.03 Å². The van der Waals surface area contributed by atoms with Crippen LogP contribution in [0.1, 0.15) is 35.9 Å². The lowest BCUT2D eigenvalue weighted by Gasteiger charge is -2.10. The van der Waals surface area contributed by atoms with Gasteiger partial charge in [-0.2, -0.15) is 10.1 Å². The number of hydrogen-bond donors (Lipinski definition) is 2. The lowest BCUT2D eigenvalue weighted by atomic mass is 10.2. The van der Waals surface area contributed by atoms with Crippen molar-refractivity contribution in [3.63, 3.8) is 0 Å². The number of hydrazone groups is 1. The highest BCUT2D eigenvalue weighted by Gasteiger charge is 2.14. The van der Waals surface area contributed by atoms with Crippen LogP contribution in [0.5, 0.6) is 5.75 Å². The minimum Gasteiger partial charge on any atom is -0.496 e. The fourth-order valence-corrected chi connectivity index (χ4v) is 4.31. The fraction of sp³-hybridized carbons (Fsp3) is 0.292. The average Bonchev–Trinajstić information content (AvgIpc) is 3.08. The van der Waals surface area contributed by atoms with Gasteiger partial charge in [-0.3, -0.25) is 0 Å². The number of benzene rings is 2. The van der Waals surface area contributed by atoms with E-state index in [0.717, 1.165) is 24.2 Å². The average molecular weight is 486 g/mol. The van der Waals surface area contributed by atoms with Crippen molar-refractivity contribution in [2.45, 2.75) is 40.2 Å². The number of urea groups is 1. The Hall–Kier alpha value is -3.10. The van der Waals surface area contributed by atoms with E-state index in [1.165, 1.54) is 10.6 Å². The van der Waals surface area contributed by atoms with E-state index in [2.05, 4.69) is 41.2 Å². The summed E-state index contributed by atoms with van der Waals surface area (Å²) in [5.41, 5.74) is 4.95. The Labute approximate surface area is 202 Å². The quantitative estimate of drug-likeness (QED) is 0.255. The molecular formula is C24H28ClN5O2S. The number of carbonyl (C=O) groups is 1. The first kappa shape index (κ1) is 24.5. The van der Waals surface area contributed by atoms with E-state index in [1.54, 1.807) is 48.8 Å². The highest BCUT2D eigenvalue weighted by molar-refractivity contribution is 7.09. The maximum absolute atomic E-state index is 12.5. The summed E-state index contributed by atoms with van der Waals surface area (Å²) in [6, 6.07) is 13.9. The van der Waals surface area contributed by atoms with E-state index >= 15 is 0 Å². The first-order valence-electron chi connectivity index (χ1n) is 10.7. The number of hydrogen-bond acceptors (Lipinski definition) is 4. The lowest BCUT2D eigenvalue weighted by molar-refractivity contribution is 0.252. The molecule has 0 radical (unpaired) electrons. The predicted molar refractivity (Wildman–Crippen MR) is 135 cm³/mol. The number of anilines is 1. The maximum Gasteiger partial charge on any atom is 0.339 e. The van der Waals surface area contributed by atoms with Gasteiger partial charge in [0, 0.05) is 27.8 Å². The molecule has 0 saturated heterocycles. The first-order chi connectivity index (χ1) is 15.9. The van der Waals surface area contributed by atoms with Gasteiger partial charge in [-0.1, -0.05) is 43.1 Å². The zero-order valence-electron chi connectivity index (χ0n) is 19.2. The molecule has 9 heteroatoms. The molecule has 33 heavy (non-hydrogen) atoms. The summed E-state index contributed by atoms with van der Waals surface area (Å²) in [4.78, 5) is 19.3. The summed E-state index contributed by atoms with van der Waals surface area (Å²) in [5, 5.41) is 7.60. The van der Waals surface area contributed by atoms with E-state index in [-0.39, 0.29) is 0 Å². The molecule has 0 aliphatic heterocycles. The van der Waals surface area contributed by atoms with E-state index in [1.807, 2.05) is 18.2 Å². The summed E-state index contributed by atoms with van der Waals surface area (Å²) in [6.45, 7) is 7.17. The first-order valence-corrected chi connectivity index (χ1v) is 11.9. The zero-order valence-corrected chi connectivity index (χ0v) is 20.8. The Morgan fingerprint density at radius 2 is 1.94 bits per heavy atom. The van der Waals surface area contributed by atoms with Gasteiger partial charge in [-0.25, -0.2) is 10.2 Å². The van der Waals surface area contributed by atoms with Crippen molar-refractivity contribution in [1.29, 1.82) is 0 Å². The Bertz CT molecular complexity index is 1200. The Kier molecular flexibility index (Phi) is 8.68. The van der Waals surface area contributed by atoms with E-state index in [0.29, 0.717) is 27.9 Å². The number of aromatic nitrogens is 1. The molecule has 0 saturated carbocycles. The minimum absolute atomic E-state index is 0.295. The van der Waals surface area contributed by atoms with Gasteiger partial charge < -0.3 is 14.6 Å². The predicted octanol–water partition coefficient (Wildman–Crippen LogP) is 5.71. The van der Waals surface area contributed by atoms with Gasteiger partial charge in [-0.05, 0) is 50.6 Å². The van der Waals surface area contributed by atoms with Gasteiger partial charge in [0.2, 0.25) is 0 Å². The van der Waals surface area contributed by atoms with Crippen LogP contribution >= 0.6 is 22.9 Å². The SMILES string of the molecule is CCCCn1c(C)c(C)sc1=N/C(=N\NC(=O)Nc1ccccc1)c1cc(Cl)ccc1OC. The largest absolute Gasteiger partial charge is 0.496 e. The summed E-state index contributed by atoms with van der Waals surface area (Å²) in [5.74, 6) is 0.848. The van der Waals surface area contributed by atoms with Crippen LogP contribution < -0.4 is 20.3 Å². The second-order valence-corrected chi connectivity index (χ2v) is 8.97. The Balaban J connectivity index is 2.04. The van der Waals surface area contributed by atoms with Crippen LogP contribution in [0.25, 0.3) is 0 Å². The number of ether oxygens (including phenoxy) is 1. The molecule has 1 heterocycles. The van der Waals surface area contributed by atoms with Gasteiger partial charge in [0.1, 0.15) is 5.75 Å². The van der Waals surface area contributed by atoms with E-state index in [4.69, 9.17) is 21.3 Å². The molecule has 2 N–H and O–H groups in total. The Morgan fingerprint density at radius 3 is 2.64 bits per heavy atom. The highest BCUT2D eigenvalue weighted by atomic mass is 35.5. The van der Waals surface area contributed by atoms with Crippen molar-refractivity contribution < 1.29 is 9.53 Å². The number of nitrogens with zero attached hydrogens (tertiary/aromatic N) is 3. The zero-order chi connectivity index (χ0) is 23.8. The van der Waals surface area contributed by atoms with Crippen molar-refractivity contribution in [2.75, 3.05) is 12.4 Å². The number of amides is 2. The van der Waals surface area contributed by atoms with Crippen LogP contribution in [0.2, 0.25) is 5.02 Å². The van der Waals surface area contributed by atoms with E-state index in [9.17, 15) is 4.79 Å².